The number of aliphatic hydroxyl groups excluding tert-OH is 1. The molecule has 122 valence electrons. The highest BCUT2D eigenvalue weighted by molar-refractivity contribution is 7.99. The minimum atomic E-state index is -4.73. The second-order valence-electron chi connectivity index (χ2n) is 4.66. The zero-order valence-electron chi connectivity index (χ0n) is 11.5. The van der Waals surface area contributed by atoms with Gasteiger partial charge in [0, 0.05) is 18.4 Å². The van der Waals surface area contributed by atoms with Gasteiger partial charge in [-0.2, -0.15) is 13.2 Å². The molecule has 0 amide bonds. The molecule has 0 spiro atoms. The zero-order chi connectivity index (χ0) is 16.6. The molecular weight excluding hydrogens is 336 g/mol. The first kappa shape index (κ1) is 15.9. The summed E-state index contributed by atoms with van der Waals surface area (Å²) in [6, 6.07) is 3.40. The van der Waals surface area contributed by atoms with Gasteiger partial charge in [-0.3, -0.25) is 4.40 Å². The molecule has 0 bridgehead atoms. The summed E-state index contributed by atoms with van der Waals surface area (Å²) in [5, 5.41) is 15.8. The van der Waals surface area contributed by atoms with Gasteiger partial charge in [-0.1, -0.05) is 0 Å². The summed E-state index contributed by atoms with van der Waals surface area (Å²) in [6.07, 6.45) is -4.27. The van der Waals surface area contributed by atoms with Crippen molar-refractivity contribution < 1.29 is 22.7 Å². The van der Waals surface area contributed by atoms with E-state index in [2.05, 4.69) is 15.2 Å². The molecule has 3 rings (SSSR count). The molecule has 10 heteroatoms. The molecule has 2 aromatic heterocycles. The van der Waals surface area contributed by atoms with Crippen molar-refractivity contribution in [2.75, 3.05) is 12.4 Å². The topological polar surface area (TPSA) is 63.3 Å². The quantitative estimate of drug-likeness (QED) is 0.447. The van der Waals surface area contributed by atoms with Crippen LogP contribution in [0.3, 0.4) is 0 Å². The van der Waals surface area contributed by atoms with Crippen LogP contribution in [0.5, 0.6) is 0 Å². The summed E-state index contributed by atoms with van der Waals surface area (Å²) in [6.45, 7) is -0.0391. The van der Waals surface area contributed by atoms with Gasteiger partial charge in [-0.25, -0.2) is 9.37 Å². The molecule has 0 fully saturated rings. The van der Waals surface area contributed by atoms with Crippen molar-refractivity contribution in [2.24, 2.45) is 0 Å². The normalized spacial score (nSPS) is 12.4. The maximum Gasteiger partial charge on any atom is 0.452 e. The first-order valence-electron chi connectivity index (χ1n) is 6.57. The summed E-state index contributed by atoms with van der Waals surface area (Å²) in [5.41, 5.74) is 0.0675. The highest BCUT2D eigenvalue weighted by atomic mass is 32.2. The lowest BCUT2D eigenvalue weighted by atomic mass is 10.3. The molecule has 1 N–H and O–H groups in total. The molecule has 0 unspecified atom stereocenters. The van der Waals surface area contributed by atoms with E-state index in [0.29, 0.717) is 12.2 Å². The molecule has 0 aliphatic carbocycles. The average Bonchev–Trinajstić information content (AvgIpc) is 2.93. The van der Waals surface area contributed by atoms with Crippen LogP contribution in [0.25, 0.3) is 16.7 Å². The number of rotatable bonds is 4. The van der Waals surface area contributed by atoms with Gasteiger partial charge in [-0.05, 0) is 18.6 Å². The molecule has 0 radical (unpaired) electrons. The van der Waals surface area contributed by atoms with Gasteiger partial charge in [0.15, 0.2) is 5.65 Å². The Morgan fingerprint density at radius 2 is 2.00 bits per heavy atom. The summed E-state index contributed by atoms with van der Waals surface area (Å²) >= 11 is 1.16. The highest BCUT2D eigenvalue weighted by Crippen LogP contribution is 2.33. The number of halogens is 4. The fourth-order valence-corrected chi connectivity index (χ4v) is 2.99. The first-order valence-corrected chi connectivity index (χ1v) is 7.55. The fraction of sp³-hybridized carbons (Fsp3) is 0.308. The van der Waals surface area contributed by atoms with Gasteiger partial charge in [-0.15, -0.1) is 22.0 Å². The first-order chi connectivity index (χ1) is 10.9. The third-order valence-electron chi connectivity index (χ3n) is 3.05. The Hall–Kier alpha value is -1.94. The Morgan fingerprint density at radius 3 is 2.70 bits per heavy atom. The minimum absolute atomic E-state index is 0.0391. The van der Waals surface area contributed by atoms with E-state index in [1.54, 1.807) is 0 Å². The minimum Gasteiger partial charge on any atom is -0.396 e. The summed E-state index contributed by atoms with van der Waals surface area (Å²) in [4.78, 5) is 4.24. The molecule has 1 aromatic carbocycles. The van der Waals surface area contributed by atoms with E-state index in [1.165, 1.54) is 6.07 Å². The van der Waals surface area contributed by atoms with Crippen molar-refractivity contribution in [3.63, 3.8) is 0 Å². The Labute approximate surface area is 131 Å². The van der Waals surface area contributed by atoms with Crippen molar-refractivity contribution in [1.82, 2.24) is 19.6 Å². The lowest BCUT2D eigenvalue weighted by molar-refractivity contribution is -0.145. The van der Waals surface area contributed by atoms with E-state index in [9.17, 15) is 17.6 Å². The molecule has 0 aliphatic rings. The lowest BCUT2D eigenvalue weighted by Gasteiger charge is -2.09. The van der Waals surface area contributed by atoms with Crippen molar-refractivity contribution in [2.45, 2.75) is 17.6 Å². The highest BCUT2D eigenvalue weighted by Gasteiger charge is 2.38. The van der Waals surface area contributed by atoms with Gasteiger partial charge in [0.25, 0.3) is 0 Å². The number of hydrogen-bond acceptors (Lipinski definition) is 5. The predicted molar refractivity (Wildman–Crippen MR) is 75.7 cm³/mol. The standard InChI is InChI=1S/C13H10F4N4OS/c14-7-2-3-8-9(6-7)21-10(11(18-8)23-5-1-4-22)19-20-12(21)13(15,16)17/h2-3,6,22H,1,4-5H2. The van der Waals surface area contributed by atoms with E-state index < -0.39 is 17.8 Å². The van der Waals surface area contributed by atoms with Crippen LogP contribution >= 0.6 is 11.8 Å². The van der Waals surface area contributed by atoms with Crippen LogP contribution in [0, 0.1) is 5.82 Å². The van der Waals surface area contributed by atoms with E-state index in [1.807, 2.05) is 0 Å². The second kappa shape index (κ2) is 5.93. The van der Waals surface area contributed by atoms with Crippen molar-refractivity contribution >= 4 is 28.4 Å². The number of fused-ring (bicyclic) bond motifs is 3. The number of aliphatic hydroxyl groups is 1. The molecule has 5 nitrogen and oxygen atoms in total. The summed E-state index contributed by atoms with van der Waals surface area (Å²) < 4.78 is 53.6. The number of thioether (sulfide) groups is 1. The van der Waals surface area contributed by atoms with E-state index in [0.717, 1.165) is 28.3 Å². The number of aromatic nitrogens is 4. The number of nitrogens with zero attached hydrogens (tertiary/aromatic N) is 4. The predicted octanol–water partition coefficient (Wildman–Crippen LogP) is 2.91. The third-order valence-corrected chi connectivity index (χ3v) is 4.09. The van der Waals surface area contributed by atoms with Crippen molar-refractivity contribution in [3.05, 3.63) is 29.8 Å². The monoisotopic (exact) mass is 346 g/mol. The molecule has 23 heavy (non-hydrogen) atoms. The van der Waals surface area contributed by atoms with Crippen LogP contribution in [-0.2, 0) is 6.18 Å². The number of hydrogen-bond donors (Lipinski definition) is 1. The average molecular weight is 346 g/mol. The Kier molecular flexibility index (Phi) is 4.11. The number of alkyl halides is 3. The molecule has 0 saturated heterocycles. The second-order valence-corrected chi connectivity index (χ2v) is 5.74. The third kappa shape index (κ3) is 2.95. The smallest absolute Gasteiger partial charge is 0.396 e. The summed E-state index contributed by atoms with van der Waals surface area (Å²) in [5.74, 6) is -1.45. The maximum atomic E-state index is 13.5. The molecule has 0 aliphatic heterocycles. The molecule has 2 heterocycles. The van der Waals surface area contributed by atoms with Gasteiger partial charge >= 0.3 is 6.18 Å². The van der Waals surface area contributed by atoms with Crippen LogP contribution in [-0.4, -0.2) is 37.0 Å². The van der Waals surface area contributed by atoms with E-state index in [4.69, 9.17) is 5.11 Å². The van der Waals surface area contributed by atoms with Crippen LogP contribution in [0.15, 0.2) is 23.2 Å². The van der Waals surface area contributed by atoms with E-state index >= 15 is 0 Å². The maximum absolute atomic E-state index is 13.5. The molecule has 0 atom stereocenters. The Bertz CT molecular complexity index is 864. The Balaban J connectivity index is 2.29. The zero-order valence-corrected chi connectivity index (χ0v) is 12.3. The van der Waals surface area contributed by atoms with Gasteiger partial charge in [0.05, 0.1) is 11.0 Å². The number of benzene rings is 1. The molecule has 3 aromatic rings. The molecule has 0 saturated carbocycles. The van der Waals surface area contributed by atoms with Crippen LogP contribution in [0.2, 0.25) is 0 Å². The van der Waals surface area contributed by atoms with Gasteiger partial charge in [0.2, 0.25) is 5.82 Å². The SMILES string of the molecule is OCCCSc1nc2ccc(F)cc2n2c(C(F)(F)F)nnc12. The van der Waals surface area contributed by atoms with E-state index in [-0.39, 0.29) is 28.3 Å². The summed E-state index contributed by atoms with van der Waals surface area (Å²) in [7, 11) is 0. The fourth-order valence-electron chi connectivity index (χ4n) is 2.09. The van der Waals surface area contributed by atoms with Crippen LogP contribution in [0.1, 0.15) is 12.2 Å². The van der Waals surface area contributed by atoms with Crippen molar-refractivity contribution in [1.29, 1.82) is 0 Å². The van der Waals surface area contributed by atoms with Crippen molar-refractivity contribution in [3.8, 4) is 0 Å². The molecular formula is C13H10F4N4OS. The lowest BCUT2D eigenvalue weighted by Crippen LogP contribution is -2.12. The Morgan fingerprint density at radius 1 is 1.22 bits per heavy atom. The van der Waals surface area contributed by atoms with Crippen LogP contribution in [0.4, 0.5) is 17.6 Å². The van der Waals surface area contributed by atoms with Gasteiger partial charge < -0.3 is 5.11 Å². The van der Waals surface area contributed by atoms with Gasteiger partial charge in [0.1, 0.15) is 10.8 Å². The largest absolute Gasteiger partial charge is 0.452 e. The van der Waals surface area contributed by atoms with Crippen LogP contribution < -0.4 is 0 Å².